The van der Waals surface area contributed by atoms with Crippen molar-refractivity contribution in [1.82, 2.24) is 10.0 Å². The summed E-state index contributed by atoms with van der Waals surface area (Å²) in [5.74, 6) is -1.06. The molecule has 1 amide bonds. The van der Waals surface area contributed by atoms with E-state index >= 15 is 0 Å². The quantitative estimate of drug-likeness (QED) is 0.656. The number of benzene rings is 2. The van der Waals surface area contributed by atoms with E-state index in [0.717, 1.165) is 5.56 Å². The van der Waals surface area contributed by atoms with E-state index in [1.54, 1.807) is 18.2 Å². The summed E-state index contributed by atoms with van der Waals surface area (Å²) >= 11 is 0. The number of sulfonamides is 1. The average molecular weight is 415 g/mol. The minimum atomic E-state index is -3.67. The Morgan fingerprint density at radius 3 is 2.55 bits per heavy atom. The van der Waals surface area contributed by atoms with Crippen molar-refractivity contribution < 1.29 is 22.7 Å². The van der Waals surface area contributed by atoms with E-state index in [9.17, 15) is 18.0 Å². The highest BCUT2D eigenvalue weighted by molar-refractivity contribution is 7.90. The van der Waals surface area contributed by atoms with Gasteiger partial charge in [-0.05, 0) is 31.0 Å². The summed E-state index contributed by atoms with van der Waals surface area (Å²) in [4.78, 5) is 28.2. The van der Waals surface area contributed by atoms with Crippen LogP contribution in [0.2, 0.25) is 0 Å². The number of carbonyl (C=O) groups is 2. The number of amidine groups is 1. The van der Waals surface area contributed by atoms with E-state index in [-0.39, 0.29) is 10.7 Å². The fourth-order valence-electron chi connectivity index (χ4n) is 2.80. The molecule has 8 nitrogen and oxygen atoms in total. The molecule has 0 unspecified atom stereocenters. The minimum absolute atomic E-state index is 0.0810. The summed E-state index contributed by atoms with van der Waals surface area (Å²) in [5.41, 5.74) is 1.49. The molecule has 0 fully saturated rings. The molecule has 152 valence electrons. The number of carbonyl (C=O) groups excluding carboxylic acids is 2. The fraction of sp³-hybridized carbons (Fsp3) is 0.250. The van der Waals surface area contributed by atoms with Crippen molar-refractivity contribution >= 4 is 27.7 Å². The number of aliphatic imine (C=N–C) groups is 1. The van der Waals surface area contributed by atoms with Crippen molar-refractivity contribution in [3.05, 3.63) is 65.7 Å². The first-order valence-corrected chi connectivity index (χ1v) is 10.5. The second-order valence-electron chi connectivity index (χ2n) is 6.43. The summed E-state index contributed by atoms with van der Waals surface area (Å²) in [6, 6.07) is 16.0. The lowest BCUT2D eigenvalue weighted by Crippen LogP contribution is -2.37. The van der Waals surface area contributed by atoms with Crippen LogP contribution in [0.4, 0.5) is 0 Å². The fourth-order valence-corrected chi connectivity index (χ4v) is 4.05. The van der Waals surface area contributed by atoms with Crippen LogP contribution in [0.15, 0.2) is 64.5 Å². The summed E-state index contributed by atoms with van der Waals surface area (Å²) in [7, 11) is -3.67. The largest absolute Gasteiger partial charge is 0.451 e. The SMILES string of the molecule is C[C@H](OC(=O)CN=C1NS(=O)(=O)c2ccccc21)C(=O)NCCc1ccccc1. The van der Waals surface area contributed by atoms with Gasteiger partial charge in [0.2, 0.25) is 0 Å². The lowest BCUT2D eigenvalue weighted by molar-refractivity contribution is -0.153. The van der Waals surface area contributed by atoms with E-state index < -0.39 is 34.5 Å². The third kappa shape index (κ3) is 5.20. The number of nitrogens with zero attached hydrogens (tertiary/aromatic N) is 1. The summed E-state index contributed by atoms with van der Waals surface area (Å²) < 4.78 is 31.4. The zero-order valence-corrected chi connectivity index (χ0v) is 16.6. The topological polar surface area (TPSA) is 114 Å². The second-order valence-corrected chi connectivity index (χ2v) is 8.08. The number of hydrogen-bond donors (Lipinski definition) is 2. The molecular weight excluding hydrogens is 394 g/mol. The standard InChI is InChI=1S/C20H21N3O5S/c1-14(20(25)21-12-11-15-7-3-2-4-8-15)28-18(24)13-22-19-16-9-5-6-10-17(16)29(26,27)23-19/h2-10,14H,11-13H2,1H3,(H,21,25)(H,22,23)/t14-/m0/s1. The summed E-state index contributed by atoms with van der Waals surface area (Å²) in [6.07, 6.45) is -0.313. The first-order valence-electron chi connectivity index (χ1n) is 9.04. The molecular formula is C20H21N3O5S. The predicted molar refractivity (Wildman–Crippen MR) is 107 cm³/mol. The molecule has 29 heavy (non-hydrogen) atoms. The summed E-state index contributed by atoms with van der Waals surface area (Å²) in [6.45, 7) is 1.48. The minimum Gasteiger partial charge on any atom is -0.451 e. The van der Waals surface area contributed by atoms with Crippen LogP contribution in [0.25, 0.3) is 0 Å². The number of fused-ring (bicyclic) bond motifs is 1. The molecule has 1 heterocycles. The number of hydrogen-bond acceptors (Lipinski definition) is 6. The van der Waals surface area contributed by atoms with Gasteiger partial charge in [0, 0.05) is 12.1 Å². The highest BCUT2D eigenvalue weighted by Gasteiger charge is 2.30. The van der Waals surface area contributed by atoms with Gasteiger partial charge >= 0.3 is 5.97 Å². The molecule has 0 bridgehead atoms. The molecule has 2 aromatic carbocycles. The van der Waals surface area contributed by atoms with Gasteiger partial charge in [-0.15, -0.1) is 0 Å². The normalized spacial score (nSPS) is 16.5. The Morgan fingerprint density at radius 2 is 1.79 bits per heavy atom. The highest BCUT2D eigenvalue weighted by Crippen LogP contribution is 2.22. The van der Waals surface area contributed by atoms with Crippen LogP contribution in [0.5, 0.6) is 0 Å². The van der Waals surface area contributed by atoms with Crippen molar-refractivity contribution in [1.29, 1.82) is 0 Å². The average Bonchev–Trinajstić information content (AvgIpc) is 2.98. The smallest absolute Gasteiger partial charge is 0.328 e. The molecule has 1 aliphatic heterocycles. The van der Waals surface area contributed by atoms with Gasteiger partial charge in [0.15, 0.2) is 6.10 Å². The van der Waals surface area contributed by atoms with Gasteiger partial charge in [-0.3, -0.25) is 19.3 Å². The van der Waals surface area contributed by atoms with Crippen LogP contribution in [0.3, 0.4) is 0 Å². The monoisotopic (exact) mass is 415 g/mol. The van der Waals surface area contributed by atoms with Gasteiger partial charge in [0.1, 0.15) is 12.4 Å². The van der Waals surface area contributed by atoms with Crippen molar-refractivity contribution in [2.45, 2.75) is 24.3 Å². The van der Waals surface area contributed by atoms with E-state index in [4.69, 9.17) is 4.74 Å². The van der Waals surface area contributed by atoms with Crippen molar-refractivity contribution in [3.63, 3.8) is 0 Å². The van der Waals surface area contributed by atoms with Gasteiger partial charge in [0.25, 0.3) is 15.9 Å². The molecule has 3 rings (SSSR count). The zero-order chi connectivity index (χ0) is 20.9. The molecule has 2 N–H and O–H groups in total. The number of esters is 1. The van der Waals surface area contributed by atoms with Crippen LogP contribution in [-0.4, -0.2) is 45.3 Å². The van der Waals surface area contributed by atoms with E-state index in [1.807, 2.05) is 30.3 Å². The molecule has 1 aliphatic rings. The number of ether oxygens (including phenoxy) is 1. The van der Waals surface area contributed by atoms with Gasteiger partial charge < -0.3 is 10.1 Å². The maximum absolute atomic E-state index is 12.1. The third-order valence-corrected chi connectivity index (χ3v) is 5.66. The number of rotatable bonds is 7. The first kappa shape index (κ1) is 20.5. The Kier molecular flexibility index (Phi) is 6.28. The lowest BCUT2D eigenvalue weighted by Gasteiger charge is -2.13. The van der Waals surface area contributed by atoms with Crippen LogP contribution in [-0.2, 0) is 30.8 Å². The zero-order valence-electron chi connectivity index (χ0n) is 15.8. The molecule has 9 heteroatoms. The second kappa shape index (κ2) is 8.87. The Balaban J connectivity index is 1.49. The van der Waals surface area contributed by atoms with E-state index in [0.29, 0.717) is 18.5 Å². The maximum atomic E-state index is 12.1. The van der Waals surface area contributed by atoms with Gasteiger partial charge in [-0.1, -0.05) is 42.5 Å². The van der Waals surface area contributed by atoms with Gasteiger partial charge in [-0.2, -0.15) is 0 Å². The Hall–Kier alpha value is -3.20. The summed E-state index contributed by atoms with van der Waals surface area (Å²) in [5, 5.41) is 2.71. The Bertz CT molecular complexity index is 1040. The molecule has 0 aliphatic carbocycles. The predicted octanol–water partition coefficient (Wildman–Crippen LogP) is 1.02. The molecule has 0 aromatic heterocycles. The van der Waals surface area contributed by atoms with Crippen LogP contribution in [0, 0.1) is 0 Å². The Labute approximate surface area is 169 Å². The molecule has 0 saturated heterocycles. The van der Waals surface area contributed by atoms with E-state index in [2.05, 4.69) is 15.0 Å². The third-order valence-electron chi connectivity index (χ3n) is 4.26. The van der Waals surface area contributed by atoms with Crippen molar-refractivity contribution in [3.8, 4) is 0 Å². The van der Waals surface area contributed by atoms with Crippen LogP contribution >= 0.6 is 0 Å². The van der Waals surface area contributed by atoms with Crippen LogP contribution in [0.1, 0.15) is 18.1 Å². The highest BCUT2D eigenvalue weighted by atomic mass is 32.2. The maximum Gasteiger partial charge on any atom is 0.328 e. The Morgan fingerprint density at radius 1 is 1.10 bits per heavy atom. The van der Waals surface area contributed by atoms with E-state index in [1.165, 1.54) is 13.0 Å². The van der Waals surface area contributed by atoms with Crippen LogP contribution < -0.4 is 10.0 Å². The van der Waals surface area contributed by atoms with Gasteiger partial charge in [-0.25, -0.2) is 8.42 Å². The molecule has 1 atom stereocenters. The lowest BCUT2D eigenvalue weighted by atomic mass is 10.1. The van der Waals surface area contributed by atoms with Gasteiger partial charge in [0.05, 0.1) is 4.90 Å². The molecule has 0 saturated carbocycles. The van der Waals surface area contributed by atoms with Crippen molar-refractivity contribution in [2.75, 3.05) is 13.1 Å². The molecule has 0 spiro atoms. The number of amides is 1. The molecule has 2 aromatic rings. The first-order chi connectivity index (χ1) is 13.9. The van der Waals surface area contributed by atoms with Crippen molar-refractivity contribution in [2.24, 2.45) is 4.99 Å². The number of nitrogens with one attached hydrogen (secondary N) is 2. The molecule has 0 radical (unpaired) electrons.